The maximum atomic E-state index is 9.29. The van der Waals surface area contributed by atoms with Crippen molar-refractivity contribution in [3.8, 4) is 11.8 Å². The fourth-order valence-electron chi connectivity index (χ4n) is 2.39. The van der Waals surface area contributed by atoms with Crippen molar-refractivity contribution >= 4 is 0 Å². The molecule has 1 fully saturated rings. The number of nitriles is 1. The van der Waals surface area contributed by atoms with Crippen LogP contribution in [0.15, 0.2) is 24.3 Å². The third kappa shape index (κ3) is 2.34. The molecule has 0 bridgehead atoms. The summed E-state index contributed by atoms with van der Waals surface area (Å²) in [6.45, 7) is 4.00. The van der Waals surface area contributed by atoms with Crippen LogP contribution in [0.3, 0.4) is 0 Å². The van der Waals surface area contributed by atoms with Gasteiger partial charge in [-0.2, -0.15) is 5.26 Å². The van der Waals surface area contributed by atoms with Gasteiger partial charge >= 0.3 is 0 Å². The summed E-state index contributed by atoms with van der Waals surface area (Å²) >= 11 is 0. The maximum Gasteiger partial charge on any atom is 0.119 e. The third-order valence-corrected chi connectivity index (χ3v) is 3.67. The molecule has 96 valence electrons. The van der Waals surface area contributed by atoms with E-state index < -0.39 is 0 Å². The van der Waals surface area contributed by atoms with Crippen LogP contribution in [-0.4, -0.2) is 6.10 Å². The Labute approximate surface area is 109 Å². The molecule has 0 aromatic heterocycles. The van der Waals surface area contributed by atoms with Gasteiger partial charge in [-0.05, 0) is 44.4 Å². The van der Waals surface area contributed by atoms with E-state index in [9.17, 15) is 5.26 Å². The van der Waals surface area contributed by atoms with Crippen molar-refractivity contribution < 1.29 is 4.74 Å². The Morgan fingerprint density at radius 2 is 1.89 bits per heavy atom. The molecule has 2 rings (SSSR count). The first-order valence-corrected chi connectivity index (χ1v) is 6.51. The van der Waals surface area contributed by atoms with Gasteiger partial charge in [-0.1, -0.05) is 18.6 Å². The number of benzene rings is 1. The molecule has 0 amide bonds. The standard InChI is InChI=1S/C15H20N2O/c1-11(2)18-13-6-4-12(5-7-13)14(17)15(10-16)8-3-9-15/h4-7,11,14H,3,8-9,17H2,1-2H3. The zero-order valence-corrected chi connectivity index (χ0v) is 11.0. The van der Waals surface area contributed by atoms with Crippen LogP contribution >= 0.6 is 0 Å². The predicted octanol–water partition coefficient (Wildman–Crippen LogP) is 3.17. The summed E-state index contributed by atoms with van der Waals surface area (Å²) in [5.74, 6) is 0.848. The molecule has 0 radical (unpaired) electrons. The van der Waals surface area contributed by atoms with E-state index in [0.717, 1.165) is 30.6 Å². The van der Waals surface area contributed by atoms with Gasteiger partial charge in [-0.3, -0.25) is 0 Å². The van der Waals surface area contributed by atoms with Crippen molar-refractivity contribution in [3.05, 3.63) is 29.8 Å². The van der Waals surface area contributed by atoms with Crippen LogP contribution < -0.4 is 10.5 Å². The molecule has 0 aliphatic heterocycles. The quantitative estimate of drug-likeness (QED) is 0.885. The van der Waals surface area contributed by atoms with Crippen LogP contribution in [0, 0.1) is 16.7 Å². The summed E-state index contributed by atoms with van der Waals surface area (Å²) in [7, 11) is 0. The lowest BCUT2D eigenvalue weighted by Crippen LogP contribution is -2.39. The molecule has 0 spiro atoms. The second kappa shape index (κ2) is 4.99. The molecule has 18 heavy (non-hydrogen) atoms. The summed E-state index contributed by atoms with van der Waals surface area (Å²) in [5, 5.41) is 9.29. The zero-order valence-electron chi connectivity index (χ0n) is 11.0. The van der Waals surface area contributed by atoms with Crippen LogP contribution in [0.2, 0.25) is 0 Å². The summed E-state index contributed by atoms with van der Waals surface area (Å²) in [6, 6.07) is 10.0. The fourth-order valence-corrected chi connectivity index (χ4v) is 2.39. The molecule has 1 aromatic rings. The molecular weight excluding hydrogens is 224 g/mol. The minimum atomic E-state index is -0.347. The summed E-state index contributed by atoms with van der Waals surface area (Å²) < 4.78 is 5.60. The monoisotopic (exact) mass is 244 g/mol. The molecular formula is C15H20N2O. The topological polar surface area (TPSA) is 59.0 Å². The molecule has 3 nitrogen and oxygen atoms in total. The number of ether oxygens (including phenoxy) is 1. The van der Waals surface area contributed by atoms with E-state index in [0.29, 0.717) is 0 Å². The molecule has 0 saturated heterocycles. The average molecular weight is 244 g/mol. The number of rotatable bonds is 4. The van der Waals surface area contributed by atoms with E-state index in [1.165, 1.54) is 0 Å². The largest absolute Gasteiger partial charge is 0.491 e. The summed E-state index contributed by atoms with van der Waals surface area (Å²) in [6.07, 6.45) is 3.10. The van der Waals surface area contributed by atoms with Crippen molar-refractivity contribution in [2.75, 3.05) is 0 Å². The number of nitrogens with zero attached hydrogens (tertiary/aromatic N) is 1. The first kappa shape index (κ1) is 12.9. The van der Waals surface area contributed by atoms with E-state index in [-0.39, 0.29) is 17.6 Å². The minimum Gasteiger partial charge on any atom is -0.491 e. The van der Waals surface area contributed by atoms with E-state index >= 15 is 0 Å². The van der Waals surface area contributed by atoms with E-state index in [4.69, 9.17) is 10.5 Å². The average Bonchev–Trinajstić information content (AvgIpc) is 2.28. The first-order chi connectivity index (χ1) is 8.57. The van der Waals surface area contributed by atoms with Gasteiger partial charge in [0.25, 0.3) is 0 Å². The van der Waals surface area contributed by atoms with Gasteiger partial charge in [0, 0.05) is 6.04 Å². The molecule has 1 aliphatic rings. The molecule has 1 aromatic carbocycles. The molecule has 0 heterocycles. The Morgan fingerprint density at radius 3 is 2.28 bits per heavy atom. The highest BCUT2D eigenvalue weighted by molar-refractivity contribution is 5.32. The fraction of sp³-hybridized carbons (Fsp3) is 0.533. The van der Waals surface area contributed by atoms with Gasteiger partial charge in [-0.15, -0.1) is 0 Å². The van der Waals surface area contributed by atoms with Crippen molar-refractivity contribution in [1.82, 2.24) is 0 Å². The Morgan fingerprint density at radius 1 is 1.28 bits per heavy atom. The van der Waals surface area contributed by atoms with Gasteiger partial charge in [0.2, 0.25) is 0 Å². The predicted molar refractivity (Wildman–Crippen MR) is 71.0 cm³/mol. The van der Waals surface area contributed by atoms with Crippen molar-refractivity contribution in [2.45, 2.75) is 45.3 Å². The highest BCUT2D eigenvalue weighted by Gasteiger charge is 2.43. The summed E-state index contributed by atoms with van der Waals surface area (Å²) in [4.78, 5) is 0. The number of hydrogen-bond acceptors (Lipinski definition) is 3. The normalized spacial score (nSPS) is 18.8. The smallest absolute Gasteiger partial charge is 0.119 e. The van der Waals surface area contributed by atoms with Crippen molar-refractivity contribution in [3.63, 3.8) is 0 Å². The Kier molecular flexibility index (Phi) is 3.58. The number of nitrogens with two attached hydrogens (primary N) is 1. The lowest BCUT2D eigenvalue weighted by Gasteiger charge is -2.40. The maximum absolute atomic E-state index is 9.29. The zero-order chi connectivity index (χ0) is 13.2. The Hall–Kier alpha value is -1.53. The lowest BCUT2D eigenvalue weighted by molar-refractivity contribution is 0.169. The Bertz CT molecular complexity index is 441. The van der Waals surface area contributed by atoms with Crippen LogP contribution in [0.4, 0.5) is 0 Å². The highest BCUT2D eigenvalue weighted by Crippen LogP contribution is 2.48. The second-order valence-corrected chi connectivity index (χ2v) is 5.33. The SMILES string of the molecule is CC(C)Oc1ccc(C(N)C2(C#N)CCC2)cc1. The lowest BCUT2D eigenvalue weighted by atomic mass is 9.64. The van der Waals surface area contributed by atoms with E-state index in [2.05, 4.69) is 6.07 Å². The molecule has 1 atom stereocenters. The van der Waals surface area contributed by atoms with Gasteiger partial charge < -0.3 is 10.5 Å². The van der Waals surface area contributed by atoms with Gasteiger partial charge in [-0.25, -0.2) is 0 Å². The van der Waals surface area contributed by atoms with Crippen LogP contribution in [-0.2, 0) is 0 Å². The van der Waals surface area contributed by atoms with Crippen molar-refractivity contribution in [2.24, 2.45) is 11.1 Å². The molecule has 3 heteroatoms. The highest BCUT2D eigenvalue weighted by atomic mass is 16.5. The Balaban J connectivity index is 2.12. The molecule has 1 aliphatic carbocycles. The van der Waals surface area contributed by atoms with Crippen LogP contribution in [0.5, 0.6) is 5.75 Å². The molecule has 1 unspecified atom stereocenters. The van der Waals surface area contributed by atoms with E-state index in [1.54, 1.807) is 0 Å². The first-order valence-electron chi connectivity index (χ1n) is 6.51. The number of hydrogen-bond donors (Lipinski definition) is 1. The van der Waals surface area contributed by atoms with Crippen LogP contribution in [0.25, 0.3) is 0 Å². The van der Waals surface area contributed by atoms with Gasteiger partial charge in [0.15, 0.2) is 0 Å². The second-order valence-electron chi connectivity index (χ2n) is 5.33. The summed E-state index contributed by atoms with van der Waals surface area (Å²) in [5.41, 5.74) is 6.91. The van der Waals surface area contributed by atoms with Crippen molar-refractivity contribution in [1.29, 1.82) is 5.26 Å². The van der Waals surface area contributed by atoms with Gasteiger partial charge in [0.1, 0.15) is 5.75 Å². The molecule has 1 saturated carbocycles. The van der Waals surface area contributed by atoms with Gasteiger partial charge in [0.05, 0.1) is 17.6 Å². The minimum absolute atomic E-state index is 0.168. The molecule has 2 N–H and O–H groups in total. The van der Waals surface area contributed by atoms with Crippen LogP contribution in [0.1, 0.15) is 44.7 Å². The third-order valence-electron chi connectivity index (χ3n) is 3.67. The van der Waals surface area contributed by atoms with E-state index in [1.807, 2.05) is 38.1 Å².